The molecule has 0 aromatic heterocycles. The summed E-state index contributed by atoms with van der Waals surface area (Å²) < 4.78 is 17.9. The Morgan fingerprint density at radius 2 is 1.95 bits per heavy atom. The van der Waals surface area contributed by atoms with Gasteiger partial charge in [0.25, 0.3) is 0 Å². The summed E-state index contributed by atoms with van der Waals surface area (Å²) in [5.74, 6) is 0.0115. The van der Waals surface area contributed by atoms with Gasteiger partial charge >= 0.3 is 0 Å². The summed E-state index contributed by atoms with van der Waals surface area (Å²) in [5.41, 5.74) is 1.74. The smallest absolute Gasteiger partial charge is 0.161 e. The maximum atomic E-state index is 12.9. The number of rotatable bonds is 3. The second kappa shape index (κ2) is 5.89. The molecule has 0 aliphatic carbocycles. The lowest BCUT2D eigenvalue weighted by Gasteiger charge is -2.05. The van der Waals surface area contributed by atoms with Gasteiger partial charge in [0.15, 0.2) is 11.5 Å². The zero-order chi connectivity index (χ0) is 14.5. The molecule has 0 amide bonds. The first-order valence-electron chi connectivity index (χ1n) is 5.89. The molecule has 20 heavy (non-hydrogen) atoms. The van der Waals surface area contributed by atoms with Crippen molar-refractivity contribution >= 4 is 11.6 Å². The van der Waals surface area contributed by atoms with Gasteiger partial charge < -0.3 is 9.84 Å². The summed E-state index contributed by atoms with van der Waals surface area (Å²) in [7, 11) is 1.45. The molecule has 3 nitrogen and oxygen atoms in total. The lowest BCUT2D eigenvalue weighted by atomic mass is 10.0. The van der Waals surface area contributed by atoms with Crippen molar-refractivity contribution in [3.63, 3.8) is 0 Å². The van der Waals surface area contributed by atoms with Crippen LogP contribution in [0.4, 0.5) is 4.39 Å². The number of allylic oxidation sites excluding steroid dienone is 1. The summed E-state index contributed by atoms with van der Waals surface area (Å²) >= 11 is 0. The van der Waals surface area contributed by atoms with E-state index in [0.29, 0.717) is 22.4 Å². The predicted octanol–water partition coefficient (Wildman–Crippen LogP) is 3.60. The Morgan fingerprint density at radius 3 is 2.55 bits per heavy atom. The van der Waals surface area contributed by atoms with Gasteiger partial charge in [-0.2, -0.15) is 5.26 Å². The molecule has 100 valence electrons. The molecule has 2 rings (SSSR count). The van der Waals surface area contributed by atoms with Gasteiger partial charge in [-0.3, -0.25) is 0 Å². The monoisotopic (exact) mass is 269 g/mol. The summed E-state index contributed by atoms with van der Waals surface area (Å²) in [6.45, 7) is 0. The van der Waals surface area contributed by atoms with Crippen LogP contribution in [0.15, 0.2) is 42.5 Å². The molecule has 0 aliphatic heterocycles. The van der Waals surface area contributed by atoms with Crippen molar-refractivity contribution in [1.29, 1.82) is 5.26 Å². The van der Waals surface area contributed by atoms with E-state index in [1.807, 2.05) is 0 Å². The van der Waals surface area contributed by atoms with E-state index in [1.165, 1.54) is 25.3 Å². The van der Waals surface area contributed by atoms with Crippen LogP contribution < -0.4 is 4.74 Å². The third-order valence-corrected chi connectivity index (χ3v) is 2.79. The Balaban J connectivity index is 2.41. The second-order valence-corrected chi connectivity index (χ2v) is 4.11. The number of hydrogen-bond acceptors (Lipinski definition) is 3. The number of phenols is 1. The van der Waals surface area contributed by atoms with Crippen molar-refractivity contribution in [2.24, 2.45) is 0 Å². The standard InChI is InChI=1S/C16H12FNO2/c1-20-16-9-11(2-7-15(16)19)8-13(10-18)12-3-5-14(17)6-4-12/h2-9,19H,1H3/b13-8-. The van der Waals surface area contributed by atoms with Gasteiger partial charge in [0, 0.05) is 0 Å². The number of halogens is 1. The average molecular weight is 269 g/mol. The van der Waals surface area contributed by atoms with Crippen LogP contribution in [0.2, 0.25) is 0 Å². The van der Waals surface area contributed by atoms with Gasteiger partial charge in [0.1, 0.15) is 5.82 Å². The Hall–Kier alpha value is -2.80. The zero-order valence-corrected chi connectivity index (χ0v) is 10.8. The van der Waals surface area contributed by atoms with E-state index in [0.717, 1.165) is 0 Å². The molecule has 0 heterocycles. The lowest BCUT2D eigenvalue weighted by molar-refractivity contribution is 0.373. The molecule has 2 aromatic rings. The maximum absolute atomic E-state index is 12.9. The van der Waals surface area contributed by atoms with E-state index < -0.39 is 0 Å². The third-order valence-electron chi connectivity index (χ3n) is 2.79. The van der Waals surface area contributed by atoms with Crippen molar-refractivity contribution < 1.29 is 14.2 Å². The largest absolute Gasteiger partial charge is 0.504 e. The van der Waals surface area contributed by atoms with Crippen LogP contribution in [-0.4, -0.2) is 12.2 Å². The van der Waals surface area contributed by atoms with Crippen molar-refractivity contribution in [3.8, 4) is 17.6 Å². The first-order chi connectivity index (χ1) is 9.63. The summed E-state index contributed by atoms with van der Waals surface area (Å²) in [6.07, 6.45) is 1.65. The Morgan fingerprint density at radius 1 is 1.25 bits per heavy atom. The van der Waals surface area contributed by atoms with Crippen molar-refractivity contribution in [2.75, 3.05) is 7.11 Å². The number of methoxy groups -OCH3 is 1. The van der Waals surface area contributed by atoms with E-state index in [4.69, 9.17) is 4.74 Å². The number of ether oxygens (including phenoxy) is 1. The fourth-order valence-electron chi connectivity index (χ4n) is 1.76. The van der Waals surface area contributed by atoms with E-state index >= 15 is 0 Å². The molecule has 0 unspecified atom stereocenters. The minimum Gasteiger partial charge on any atom is -0.504 e. The van der Waals surface area contributed by atoms with E-state index in [-0.39, 0.29) is 11.6 Å². The molecule has 0 aliphatic rings. The Labute approximate surface area is 116 Å². The third kappa shape index (κ3) is 2.96. The number of phenolic OH excluding ortho intramolecular Hbond substituents is 1. The van der Waals surface area contributed by atoms with Crippen LogP contribution in [0.25, 0.3) is 11.6 Å². The molecule has 0 atom stereocenters. The van der Waals surface area contributed by atoms with Crippen LogP contribution in [0.3, 0.4) is 0 Å². The fourth-order valence-corrected chi connectivity index (χ4v) is 1.76. The van der Waals surface area contributed by atoms with Gasteiger partial charge in [0.2, 0.25) is 0 Å². The van der Waals surface area contributed by atoms with Crippen LogP contribution in [0.5, 0.6) is 11.5 Å². The minimum absolute atomic E-state index is 0.0324. The molecule has 1 N–H and O–H groups in total. The molecule has 2 aromatic carbocycles. The van der Waals surface area contributed by atoms with Gasteiger partial charge in [-0.1, -0.05) is 18.2 Å². The number of benzene rings is 2. The molecule has 4 heteroatoms. The fraction of sp³-hybridized carbons (Fsp3) is 0.0625. The van der Waals surface area contributed by atoms with Gasteiger partial charge in [-0.15, -0.1) is 0 Å². The van der Waals surface area contributed by atoms with Crippen LogP contribution in [0, 0.1) is 17.1 Å². The predicted molar refractivity (Wildman–Crippen MR) is 74.5 cm³/mol. The van der Waals surface area contributed by atoms with E-state index in [9.17, 15) is 14.8 Å². The van der Waals surface area contributed by atoms with Gasteiger partial charge in [-0.25, -0.2) is 4.39 Å². The first kappa shape index (κ1) is 13.6. The summed E-state index contributed by atoms with van der Waals surface area (Å²) in [5, 5.41) is 18.7. The quantitative estimate of drug-likeness (QED) is 0.684. The number of aromatic hydroxyl groups is 1. The zero-order valence-electron chi connectivity index (χ0n) is 10.8. The minimum atomic E-state index is -0.350. The van der Waals surface area contributed by atoms with Gasteiger partial charge in [0.05, 0.1) is 18.8 Å². The average Bonchev–Trinajstić information content (AvgIpc) is 2.47. The highest BCUT2D eigenvalue weighted by molar-refractivity contribution is 5.89. The number of nitriles is 1. The van der Waals surface area contributed by atoms with Crippen molar-refractivity contribution in [3.05, 3.63) is 59.4 Å². The molecule has 0 fully saturated rings. The van der Waals surface area contributed by atoms with Crippen LogP contribution in [-0.2, 0) is 0 Å². The lowest BCUT2D eigenvalue weighted by Crippen LogP contribution is -1.86. The van der Waals surface area contributed by atoms with Crippen molar-refractivity contribution in [1.82, 2.24) is 0 Å². The van der Waals surface area contributed by atoms with Crippen LogP contribution in [0.1, 0.15) is 11.1 Å². The maximum Gasteiger partial charge on any atom is 0.161 e. The Kier molecular flexibility index (Phi) is 4.02. The molecule has 0 saturated heterocycles. The summed E-state index contributed by atoms with van der Waals surface area (Å²) in [4.78, 5) is 0. The first-order valence-corrected chi connectivity index (χ1v) is 5.89. The SMILES string of the molecule is COc1cc(/C=C(/C#N)c2ccc(F)cc2)ccc1O. The number of hydrogen-bond donors (Lipinski definition) is 1. The molecule has 0 spiro atoms. The van der Waals surface area contributed by atoms with Crippen molar-refractivity contribution in [2.45, 2.75) is 0 Å². The molecule has 0 saturated carbocycles. The van der Waals surface area contributed by atoms with Crippen LogP contribution >= 0.6 is 0 Å². The normalized spacial score (nSPS) is 10.9. The highest BCUT2D eigenvalue weighted by atomic mass is 19.1. The summed E-state index contributed by atoms with van der Waals surface area (Å²) in [6, 6.07) is 12.5. The Bertz CT molecular complexity index is 685. The molecule has 0 bridgehead atoms. The molecular weight excluding hydrogens is 257 g/mol. The molecular formula is C16H12FNO2. The molecule has 0 radical (unpaired) electrons. The van der Waals surface area contributed by atoms with Gasteiger partial charge in [-0.05, 0) is 41.5 Å². The highest BCUT2D eigenvalue weighted by Crippen LogP contribution is 2.28. The second-order valence-electron chi connectivity index (χ2n) is 4.11. The topological polar surface area (TPSA) is 53.2 Å². The highest BCUT2D eigenvalue weighted by Gasteiger charge is 2.04. The van der Waals surface area contributed by atoms with E-state index in [2.05, 4.69) is 6.07 Å². The van der Waals surface area contributed by atoms with E-state index in [1.54, 1.807) is 30.3 Å². The number of nitrogens with zero attached hydrogens (tertiary/aromatic N) is 1.